The highest BCUT2D eigenvalue weighted by atomic mass is 32.2. The number of benzene rings is 1. The standard InChI is InChI=1S/C13H19NO4S/c1-3-19(16,17)8-4-7-18-13(15)11-9-10(2)5-6-12(11)14/h5-6,9H,3-4,7-8,14H2,1-2H3. The molecule has 0 unspecified atom stereocenters. The van der Waals surface area contributed by atoms with Crippen LogP contribution in [-0.2, 0) is 14.6 Å². The molecule has 1 aromatic rings. The Morgan fingerprint density at radius 2 is 2.05 bits per heavy atom. The fourth-order valence-electron chi connectivity index (χ4n) is 1.51. The van der Waals surface area contributed by atoms with E-state index in [2.05, 4.69) is 0 Å². The third kappa shape index (κ3) is 4.90. The van der Waals surface area contributed by atoms with Crippen LogP contribution in [0.25, 0.3) is 0 Å². The highest BCUT2D eigenvalue weighted by Crippen LogP contribution is 2.15. The molecular weight excluding hydrogens is 266 g/mol. The van der Waals surface area contributed by atoms with Crippen LogP contribution in [-0.4, -0.2) is 32.5 Å². The molecule has 1 aromatic carbocycles. The lowest BCUT2D eigenvalue weighted by atomic mass is 10.1. The molecule has 19 heavy (non-hydrogen) atoms. The van der Waals surface area contributed by atoms with E-state index in [1.54, 1.807) is 25.1 Å². The third-order valence-corrected chi connectivity index (χ3v) is 4.49. The van der Waals surface area contributed by atoms with Gasteiger partial charge in [-0.1, -0.05) is 18.6 Å². The van der Waals surface area contributed by atoms with Gasteiger partial charge >= 0.3 is 5.97 Å². The van der Waals surface area contributed by atoms with Crippen molar-refractivity contribution in [1.82, 2.24) is 0 Å². The van der Waals surface area contributed by atoms with Crippen LogP contribution in [0, 0.1) is 6.92 Å². The molecule has 0 amide bonds. The van der Waals surface area contributed by atoms with Crippen molar-refractivity contribution in [3.05, 3.63) is 29.3 Å². The summed E-state index contributed by atoms with van der Waals surface area (Å²) in [5.74, 6) is -0.388. The molecule has 0 aliphatic heterocycles. The Morgan fingerprint density at radius 3 is 2.68 bits per heavy atom. The van der Waals surface area contributed by atoms with Gasteiger partial charge in [-0.05, 0) is 25.5 Å². The molecule has 1 rings (SSSR count). The number of aryl methyl sites for hydroxylation is 1. The topological polar surface area (TPSA) is 86.5 Å². The van der Waals surface area contributed by atoms with Crippen molar-refractivity contribution in [2.45, 2.75) is 20.3 Å². The minimum atomic E-state index is -3.01. The molecule has 2 N–H and O–H groups in total. The normalized spacial score (nSPS) is 11.3. The van der Waals surface area contributed by atoms with Crippen molar-refractivity contribution in [2.24, 2.45) is 0 Å². The number of nitrogens with two attached hydrogens (primary N) is 1. The van der Waals surface area contributed by atoms with Gasteiger partial charge in [0.05, 0.1) is 17.9 Å². The number of sulfone groups is 1. The number of carbonyl (C=O) groups excluding carboxylic acids is 1. The van der Waals surface area contributed by atoms with E-state index in [1.807, 2.05) is 6.92 Å². The molecule has 0 aliphatic carbocycles. The van der Waals surface area contributed by atoms with Crippen molar-refractivity contribution in [1.29, 1.82) is 0 Å². The summed E-state index contributed by atoms with van der Waals surface area (Å²) in [6.45, 7) is 3.52. The van der Waals surface area contributed by atoms with E-state index in [-0.39, 0.29) is 18.1 Å². The molecule has 0 saturated carbocycles. The van der Waals surface area contributed by atoms with Crippen LogP contribution in [0.1, 0.15) is 29.3 Å². The van der Waals surface area contributed by atoms with Crippen LogP contribution in [0.5, 0.6) is 0 Å². The number of anilines is 1. The smallest absolute Gasteiger partial charge is 0.340 e. The lowest BCUT2D eigenvalue weighted by Gasteiger charge is -2.07. The molecule has 0 heterocycles. The highest BCUT2D eigenvalue weighted by molar-refractivity contribution is 7.91. The maximum absolute atomic E-state index is 11.8. The maximum atomic E-state index is 11.8. The number of hydrogen-bond acceptors (Lipinski definition) is 5. The van der Waals surface area contributed by atoms with Gasteiger partial charge in [0.25, 0.3) is 0 Å². The van der Waals surface area contributed by atoms with E-state index in [9.17, 15) is 13.2 Å². The molecule has 0 aliphatic rings. The highest BCUT2D eigenvalue weighted by Gasteiger charge is 2.12. The van der Waals surface area contributed by atoms with Crippen molar-refractivity contribution < 1.29 is 17.9 Å². The van der Waals surface area contributed by atoms with E-state index in [1.165, 1.54) is 0 Å². The monoisotopic (exact) mass is 285 g/mol. The van der Waals surface area contributed by atoms with Gasteiger partial charge in [-0.3, -0.25) is 0 Å². The van der Waals surface area contributed by atoms with Gasteiger partial charge in [-0.25, -0.2) is 13.2 Å². The summed E-state index contributed by atoms with van der Waals surface area (Å²) in [4.78, 5) is 11.8. The summed E-state index contributed by atoms with van der Waals surface area (Å²) in [6.07, 6.45) is 0.299. The summed E-state index contributed by atoms with van der Waals surface area (Å²) in [5.41, 5.74) is 7.28. The molecule has 106 valence electrons. The van der Waals surface area contributed by atoms with Crippen molar-refractivity contribution >= 4 is 21.5 Å². The average Bonchev–Trinajstić information content (AvgIpc) is 2.37. The number of rotatable bonds is 6. The molecule has 0 fully saturated rings. The van der Waals surface area contributed by atoms with Crippen LogP contribution in [0.2, 0.25) is 0 Å². The zero-order valence-electron chi connectivity index (χ0n) is 11.2. The molecule has 0 atom stereocenters. The first-order valence-electron chi connectivity index (χ1n) is 6.09. The first kappa shape index (κ1) is 15.5. The molecule has 0 spiro atoms. The second kappa shape index (κ2) is 6.56. The van der Waals surface area contributed by atoms with E-state index < -0.39 is 15.8 Å². The summed E-state index contributed by atoms with van der Waals surface area (Å²) in [6, 6.07) is 5.11. The first-order valence-corrected chi connectivity index (χ1v) is 7.91. The van der Waals surface area contributed by atoms with Gasteiger partial charge in [0, 0.05) is 11.4 Å². The van der Waals surface area contributed by atoms with Crippen molar-refractivity contribution in [3.8, 4) is 0 Å². The quantitative estimate of drug-likeness (QED) is 0.487. The van der Waals surface area contributed by atoms with Gasteiger partial charge in [-0.15, -0.1) is 0 Å². The zero-order chi connectivity index (χ0) is 14.5. The van der Waals surface area contributed by atoms with E-state index >= 15 is 0 Å². The second-order valence-corrected chi connectivity index (χ2v) is 6.79. The fourth-order valence-corrected chi connectivity index (χ4v) is 2.36. The number of ether oxygens (including phenoxy) is 1. The van der Waals surface area contributed by atoms with E-state index in [4.69, 9.17) is 10.5 Å². The zero-order valence-corrected chi connectivity index (χ0v) is 12.0. The van der Waals surface area contributed by atoms with Gasteiger partial charge < -0.3 is 10.5 Å². The van der Waals surface area contributed by atoms with E-state index in [0.717, 1.165) is 5.56 Å². The van der Waals surface area contributed by atoms with Crippen LogP contribution >= 0.6 is 0 Å². The minimum absolute atomic E-state index is 0.0279. The average molecular weight is 285 g/mol. The van der Waals surface area contributed by atoms with Crippen LogP contribution in [0.3, 0.4) is 0 Å². The van der Waals surface area contributed by atoms with Crippen LogP contribution in [0.15, 0.2) is 18.2 Å². The Bertz CT molecular complexity index is 552. The summed E-state index contributed by atoms with van der Waals surface area (Å²) in [5, 5.41) is 0. The predicted octanol–water partition coefficient (Wildman–Crippen LogP) is 1.56. The lowest BCUT2D eigenvalue weighted by molar-refractivity contribution is 0.0507. The molecule has 0 bridgehead atoms. The molecular formula is C13H19NO4S. The summed E-state index contributed by atoms with van der Waals surface area (Å²) in [7, 11) is -3.01. The Balaban J connectivity index is 2.50. The number of carbonyl (C=O) groups is 1. The fraction of sp³-hybridized carbons (Fsp3) is 0.462. The number of nitrogen functional groups attached to an aromatic ring is 1. The van der Waals surface area contributed by atoms with Gasteiger partial charge in [0.2, 0.25) is 0 Å². The molecule has 0 aromatic heterocycles. The van der Waals surface area contributed by atoms with E-state index in [0.29, 0.717) is 17.7 Å². The Labute approximate surface area is 113 Å². The minimum Gasteiger partial charge on any atom is -0.462 e. The SMILES string of the molecule is CCS(=O)(=O)CCCOC(=O)c1cc(C)ccc1N. The first-order chi connectivity index (χ1) is 8.85. The molecule has 5 nitrogen and oxygen atoms in total. The largest absolute Gasteiger partial charge is 0.462 e. The molecule has 0 saturated heterocycles. The van der Waals surface area contributed by atoms with Gasteiger partial charge in [0.15, 0.2) is 0 Å². The predicted molar refractivity (Wildman–Crippen MR) is 74.8 cm³/mol. The Kier molecular flexibility index (Phi) is 5.35. The lowest BCUT2D eigenvalue weighted by Crippen LogP contribution is -2.14. The van der Waals surface area contributed by atoms with Crippen LogP contribution < -0.4 is 5.73 Å². The Morgan fingerprint density at radius 1 is 1.37 bits per heavy atom. The van der Waals surface area contributed by atoms with Gasteiger partial charge in [-0.2, -0.15) is 0 Å². The number of hydrogen-bond donors (Lipinski definition) is 1. The Hall–Kier alpha value is -1.56. The summed E-state index contributed by atoms with van der Waals surface area (Å²) < 4.78 is 27.5. The maximum Gasteiger partial charge on any atom is 0.340 e. The number of esters is 1. The van der Waals surface area contributed by atoms with Gasteiger partial charge in [0.1, 0.15) is 9.84 Å². The second-order valence-electron chi connectivity index (χ2n) is 4.32. The summed E-state index contributed by atoms with van der Waals surface area (Å²) >= 11 is 0. The van der Waals surface area contributed by atoms with Crippen molar-refractivity contribution in [2.75, 3.05) is 23.8 Å². The molecule has 0 radical (unpaired) electrons. The third-order valence-electron chi connectivity index (χ3n) is 2.70. The van der Waals surface area contributed by atoms with Crippen LogP contribution in [0.4, 0.5) is 5.69 Å². The van der Waals surface area contributed by atoms with Crippen molar-refractivity contribution in [3.63, 3.8) is 0 Å². The molecule has 6 heteroatoms.